The number of rotatable bonds is 2. The summed E-state index contributed by atoms with van der Waals surface area (Å²) >= 11 is 0. The SMILES string of the molecule is N=C(C=CN)c1cccc(O)c1. The minimum absolute atomic E-state index is 0.155. The van der Waals surface area contributed by atoms with E-state index >= 15 is 0 Å². The highest BCUT2D eigenvalue weighted by molar-refractivity contribution is 6.06. The summed E-state index contributed by atoms with van der Waals surface area (Å²) in [6, 6.07) is 6.50. The number of aromatic hydroxyl groups is 1. The molecule has 3 heteroatoms. The van der Waals surface area contributed by atoms with Crippen molar-refractivity contribution < 1.29 is 5.11 Å². The van der Waals surface area contributed by atoms with Gasteiger partial charge in [0.2, 0.25) is 0 Å². The molecule has 0 atom stereocenters. The fraction of sp³-hybridized carbons (Fsp3) is 0. The summed E-state index contributed by atoms with van der Waals surface area (Å²) < 4.78 is 0. The molecule has 1 aromatic rings. The molecule has 0 fully saturated rings. The number of phenols is 1. The first-order valence-corrected chi connectivity index (χ1v) is 3.50. The van der Waals surface area contributed by atoms with Crippen LogP contribution in [0.2, 0.25) is 0 Å². The van der Waals surface area contributed by atoms with E-state index in [-0.39, 0.29) is 11.5 Å². The molecule has 1 aromatic carbocycles. The molecule has 0 aliphatic rings. The van der Waals surface area contributed by atoms with Gasteiger partial charge in [0.15, 0.2) is 0 Å². The molecule has 0 aliphatic heterocycles. The van der Waals surface area contributed by atoms with E-state index in [4.69, 9.17) is 16.2 Å². The van der Waals surface area contributed by atoms with Crippen LogP contribution in [0.15, 0.2) is 36.5 Å². The van der Waals surface area contributed by atoms with Gasteiger partial charge in [0, 0.05) is 5.56 Å². The van der Waals surface area contributed by atoms with E-state index in [2.05, 4.69) is 0 Å². The quantitative estimate of drug-likeness (QED) is 0.572. The van der Waals surface area contributed by atoms with Crippen molar-refractivity contribution in [1.82, 2.24) is 0 Å². The summed E-state index contributed by atoms with van der Waals surface area (Å²) in [5, 5.41) is 16.5. The van der Waals surface area contributed by atoms with Gasteiger partial charge in [0.25, 0.3) is 0 Å². The Kier molecular flexibility index (Phi) is 2.48. The summed E-state index contributed by atoms with van der Waals surface area (Å²) in [6.07, 6.45) is 2.77. The molecule has 3 nitrogen and oxygen atoms in total. The molecule has 1 rings (SSSR count). The highest BCUT2D eigenvalue weighted by Crippen LogP contribution is 2.11. The minimum Gasteiger partial charge on any atom is -0.508 e. The topological polar surface area (TPSA) is 70.1 Å². The van der Waals surface area contributed by atoms with Gasteiger partial charge in [-0.25, -0.2) is 0 Å². The Morgan fingerprint density at radius 3 is 2.83 bits per heavy atom. The first kappa shape index (κ1) is 8.33. The van der Waals surface area contributed by atoms with E-state index in [9.17, 15) is 0 Å². The fourth-order valence-corrected chi connectivity index (χ4v) is 0.866. The van der Waals surface area contributed by atoms with Gasteiger partial charge >= 0.3 is 0 Å². The minimum atomic E-state index is 0.155. The molecule has 0 saturated heterocycles. The Morgan fingerprint density at radius 1 is 1.50 bits per heavy atom. The van der Waals surface area contributed by atoms with E-state index in [1.54, 1.807) is 18.2 Å². The van der Waals surface area contributed by atoms with Crippen molar-refractivity contribution in [3.05, 3.63) is 42.1 Å². The Hall–Kier alpha value is -1.77. The first-order valence-electron chi connectivity index (χ1n) is 3.50. The summed E-state index contributed by atoms with van der Waals surface area (Å²) in [4.78, 5) is 0. The molecular formula is C9H10N2O. The van der Waals surface area contributed by atoms with Crippen LogP contribution in [-0.4, -0.2) is 10.8 Å². The van der Waals surface area contributed by atoms with Gasteiger partial charge in [-0.05, 0) is 24.4 Å². The lowest BCUT2D eigenvalue weighted by atomic mass is 10.1. The maximum Gasteiger partial charge on any atom is 0.116 e. The Morgan fingerprint density at radius 2 is 2.25 bits per heavy atom. The van der Waals surface area contributed by atoms with Crippen LogP contribution in [0.4, 0.5) is 0 Å². The molecule has 0 aliphatic carbocycles. The predicted octanol–water partition coefficient (Wildman–Crippen LogP) is 1.23. The third-order valence-corrected chi connectivity index (χ3v) is 1.42. The zero-order valence-corrected chi connectivity index (χ0v) is 6.49. The smallest absolute Gasteiger partial charge is 0.116 e. The van der Waals surface area contributed by atoms with Crippen LogP contribution in [0.5, 0.6) is 5.75 Å². The summed E-state index contributed by atoms with van der Waals surface area (Å²) in [5.74, 6) is 0.155. The number of hydrogen-bond acceptors (Lipinski definition) is 3. The summed E-state index contributed by atoms with van der Waals surface area (Å²) in [7, 11) is 0. The standard InChI is InChI=1S/C9H10N2O/c10-5-4-9(11)7-2-1-3-8(12)6-7/h1-6,11-12H,10H2. The van der Waals surface area contributed by atoms with Gasteiger partial charge in [-0.15, -0.1) is 0 Å². The van der Waals surface area contributed by atoms with Gasteiger partial charge in [0.1, 0.15) is 5.75 Å². The summed E-state index contributed by atoms with van der Waals surface area (Å²) in [5.41, 5.74) is 6.06. The lowest BCUT2D eigenvalue weighted by Crippen LogP contribution is -1.94. The number of hydrogen-bond donors (Lipinski definition) is 3. The van der Waals surface area contributed by atoms with Crippen molar-refractivity contribution in [2.24, 2.45) is 5.73 Å². The van der Waals surface area contributed by atoms with Crippen molar-refractivity contribution in [1.29, 1.82) is 5.41 Å². The zero-order valence-electron chi connectivity index (χ0n) is 6.49. The molecule has 0 unspecified atom stereocenters. The molecule has 0 bridgehead atoms. The van der Waals surface area contributed by atoms with Gasteiger partial charge in [-0.3, -0.25) is 0 Å². The molecule has 62 valence electrons. The molecule has 4 N–H and O–H groups in total. The zero-order chi connectivity index (χ0) is 8.97. The van der Waals surface area contributed by atoms with E-state index in [0.29, 0.717) is 5.56 Å². The van der Waals surface area contributed by atoms with E-state index in [1.807, 2.05) is 0 Å². The fourth-order valence-electron chi connectivity index (χ4n) is 0.866. The second-order valence-corrected chi connectivity index (χ2v) is 2.32. The van der Waals surface area contributed by atoms with Gasteiger partial charge in [-0.1, -0.05) is 12.1 Å². The Labute approximate surface area is 70.7 Å². The summed E-state index contributed by atoms with van der Waals surface area (Å²) in [6.45, 7) is 0. The van der Waals surface area contributed by atoms with Gasteiger partial charge in [0.05, 0.1) is 5.71 Å². The van der Waals surface area contributed by atoms with E-state index < -0.39 is 0 Å². The van der Waals surface area contributed by atoms with Gasteiger partial charge < -0.3 is 16.2 Å². The maximum atomic E-state index is 9.08. The molecule has 12 heavy (non-hydrogen) atoms. The maximum absolute atomic E-state index is 9.08. The van der Waals surface area contributed by atoms with Crippen molar-refractivity contribution >= 4 is 5.71 Å². The molecule has 0 amide bonds. The third-order valence-electron chi connectivity index (χ3n) is 1.42. The van der Waals surface area contributed by atoms with Crippen LogP contribution in [0.25, 0.3) is 0 Å². The van der Waals surface area contributed by atoms with Crippen molar-refractivity contribution in [2.75, 3.05) is 0 Å². The van der Waals surface area contributed by atoms with Crippen molar-refractivity contribution in [3.8, 4) is 5.75 Å². The average Bonchev–Trinajstić information content (AvgIpc) is 2.05. The number of allylic oxidation sites excluding steroid dienone is 1. The van der Waals surface area contributed by atoms with E-state index in [0.717, 1.165) is 0 Å². The third kappa shape index (κ3) is 1.85. The molecule has 0 saturated carbocycles. The normalized spacial score (nSPS) is 10.3. The van der Waals surface area contributed by atoms with Crippen LogP contribution in [0.1, 0.15) is 5.56 Å². The number of nitrogens with one attached hydrogen (secondary N) is 1. The monoisotopic (exact) mass is 162 g/mol. The predicted molar refractivity (Wildman–Crippen MR) is 48.3 cm³/mol. The van der Waals surface area contributed by atoms with Crippen LogP contribution in [0.3, 0.4) is 0 Å². The largest absolute Gasteiger partial charge is 0.508 e. The molecule has 0 aromatic heterocycles. The highest BCUT2D eigenvalue weighted by atomic mass is 16.3. The molecule has 0 heterocycles. The highest BCUT2D eigenvalue weighted by Gasteiger charge is 1.96. The first-order chi connectivity index (χ1) is 5.74. The van der Waals surface area contributed by atoms with Crippen LogP contribution in [-0.2, 0) is 0 Å². The Bertz CT molecular complexity index is 318. The second-order valence-electron chi connectivity index (χ2n) is 2.32. The number of phenolic OH excluding ortho intramolecular Hbond substituents is 1. The Balaban J connectivity index is 2.96. The molecular weight excluding hydrogens is 152 g/mol. The lowest BCUT2D eigenvalue weighted by Gasteiger charge is -1.98. The van der Waals surface area contributed by atoms with Crippen LogP contribution in [0, 0.1) is 5.41 Å². The average molecular weight is 162 g/mol. The number of nitrogens with two attached hydrogens (primary N) is 1. The lowest BCUT2D eigenvalue weighted by molar-refractivity contribution is 0.475. The van der Waals surface area contributed by atoms with Crippen molar-refractivity contribution in [3.63, 3.8) is 0 Å². The second kappa shape index (κ2) is 3.57. The molecule has 0 radical (unpaired) electrons. The van der Waals surface area contributed by atoms with E-state index in [1.165, 1.54) is 18.3 Å². The van der Waals surface area contributed by atoms with Crippen LogP contribution >= 0.6 is 0 Å². The molecule has 0 spiro atoms. The van der Waals surface area contributed by atoms with Crippen LogP contribution < -0.4 is 5.73 Å². The number of benzene rings is 1. The van der Waals surface area contributed by atoms with Crippen molar-refractivity contribution in [2.45, 2.75) is 0 Å². The van der Waals surface area contributed by atoms with Gasteiger partial charge in [-0.2, -0.15) is 0 Å².